The molecular formula is C15H21N3O2. The summed E-state index contributed by atoms with van der Waals surface area (Å²) in [5.41, 5.74) is 8.63. The molecule has 2 aromatic rings. The SMILES string of the molecule is COCC(O)CCn1c(C2CC2)nc2cc(N)ccc21. The Labute approximate surface area is 118 Å². The zero-order chi connectivity index (χ0) is 14.1. The fourth-order valence-electron chi connectivity index (χ4n) is 2.61. The third-order valence-electron chi connectivity index (χ3n) is 3.79. The minimum atomic E-state index is -0.432. The van der Waals surface area contributed by atoms with Crippen molar-refractivity contribution in [2.75, 3.05) is 19.5 Å². The number of nitrogens with zero attached hydrogens (tertiary/aromatic N) is 2. The van der Waals surface area contributed by atoms with Crippen molar-refractivity contribution in [3.63, 3.8) is 0 Å². The Morgan fingerprint density at radius 2 is 2.30 bits per heavy atom. The molecule has 1 aromatic heterocycles. The highest BCUT2D eigenvalue weighted by Crippen LogP contribution is 2.41. The van der Waals surface area contributed by atoms with Crippen LogP contribution in [-0.2, 0) is 11.3 Å². The molecule has 1 aliphatic rings. The number of benzene rings is 1. The quantitative estimate of drug-likeness (QED) is 0.790. The van der Waals surface area contributed by atoms with Crippen molar-refractivity contribution in [1.29, 1.82) is 0 Å². The third-order valence-corrected chi connectivity index (χ3v) is 3.79. The van der Waals surface area contributed by atoms with Gasteiger partial charge in [0, 0.05) is 25.3 Å². The molecule has 0 aliphatic heterocycles. The molecule has 3 N–H and O–H groups in total. The smallest absolute Gasteiger partial charge is 0.112 e. The highest BCUT2D eigenvalue weighted by molar-refractivity contribution is 5.79. The van der Waals surface area contributed by atoms with E-state index in [1.54, 1.807) is 7.11 Å². The first-order valence-corrected chi connectivity index (χ1v) is 7.11. The molecule has 0 radical (unpaired) electrons. The van der Waals surface area contributed by atoms with Gasteiger partial charge in [-0.05, 0) is 37.5 Å². The molecule has 5 nitrogen and oxygen atoms in total. The maximum absolute atomic E-state index is 9.83. The lowest BCUT2D eigenvalue weighted by Crippen LogP contribution is -2.17. The highest BCUT2D eigenvalue weighted by atomic mass is 16.5. The van der Waals surface area contributed by atoms with Gasteiger partial charge >= 0.3 is 0 Å². The molecule has 20 heavy (non-hydrogen) atoms. The van der Waals surface area contributed by atoms with Gasteiger partial charge in [-0.25, -0.2) is 4.98 Å². The fraction of sp³-hybridized carbons (Fsp3) is 0.533. The van der Waals surface area contributed by atoms with E-state index in [4.69, 9.17) is 15.5 Å². The van der Waals surface area contributed by atoms with E-state index in [0.717, 1.165) is 29.1 Å². The van der Waals surface area contributed by atoms with Crippen molar-refractivity contribution >= 4 is 16.7 Å². The van der Waals surface area contributed by atoms with E-state index in [1.807, 2.05) is 18.2 Å². The van der Waals surface area contributed by atoms with Crippen LogP contribution in [0.15, 0.2) is 18.2 Å². The van der Waals surface area contributed by atoms with Crippen molar-refractivity contribution in [1.82, 2.24) is 9.55 Å². The molecule has 1 aromatic carbocycles. The predicted molar refractivity (Wildman–Crippen MR) is 78.6 cm³/mol. The Kier molecular flexibility index (Phi) is 3.63. The molecule has 0 saturated heterocycles. The Hall–Kier alpha value is -1.59. The standard InChI is InChI=1S/C15H21N3O2/c1-20-9-12(19)6-7-18-14-5-4-11(16)8-13(14)17-15(18)10-2-3-10/h4-5,8,10,12,19H,2-3,6-7,9,16H2,1H3. The van der Waals surface area contributed by atoms with Crippen LogP contribution >= 0.6 is 0 Å². The first-order chi connectivity index (χ1) is 9.69. The van der Waals surface area contributed by atoms with Gasteiger partial charge in [-0.3, -0.25) is 0 Å². The first-order valence-electron chi connectivity index (χ1n) is 7.11. The van der Waals surface area contributed by atoms with Crippen LogP contribution in [0.25, 0.3) is 11.0 Å². The monoisotopic (exact) mass is 275 g/mol. The van der Waals surface area contributed by atoms with Crippen molar-refractivity contribution in [2.24, 2.45) is 0 Å². The van der Waals surface area contributed by atoms with Gasteiger partial charge < -0.3 is 20.1 Å². The molecule has 1 aliphatic carbocycles. The van der Waals surface area contributed by atoms with E-state index in [9.17, 15) is 5.11 Å². The predicted octanol–water partition coefficient (Wildman–Crippen LogP) is 1.89. The molecule has 1 unspecified atom stereocenters. The van der Waals surface area contributed by atoms with Crippen LogP contribution in [0, 0.1) is 0 Å². The van der Waals surface area contributed by atoms with Crippen LogP contribution in [-0.4, -0.2) is 34.5 Å². The zero-order valence-electron chi connectivity index (χ0n) is 11.7. The summed E-state index contributed by atoms with van der Waals surface area (Å²) in [7, 11) is 1.61. The summed E-state index contributed by atoms with van der Waals surface area (Å²) in [6.45, 7) is 1.13. The number of ether oxygens (including phenoxy) is 1. The number of anilines is 1. The molecule has 0 bridgehead atoms. The highest BCUT2D eigenvalue weighted by Gasteiger charge is 2.29. The molecule has 1 fully saturated rings. The second-order valence-electron chi connectivity index (χ2n) is 5.54. The average Bonchev–Trinajstić information content (AvgIpc) is 3.19. The van der Waals surface area contributed by atoms with Crippen molar-refractivity contribution in [3.8, 4) is 0 Å². The van der Waals surface area contributed by atoms with E-state index in [1.165, 1.54) is 12.8 Å². The van der Waals surface area contributed by atoms with Gasteiger partial charge in [0.15, 0.2) is 0 Å². The number of nitrogens with two attached hydrogens (primary N) is 1. The van der Waals surface area contributed by atoms with Gasteiger partial charge in [0.1, 0.15) is 5.82 Å². The normalized spacial score (nSPS) is 16.7. The maximum Gasteiger partial charge on any atom is 0.112 e. The zero-order valence-corrected chi connectivity index (χ0v) is 11.7. The largest absolute Gasteiger partial charge is 0.399 e. The molecule has 1 saturated carbocycles. The molecule has 108 valence electrons. The Morgan fingerprint density at radius 3 is 3.00 bits per heavy atom. The number of hydrogen-bond acceptors (Lipinski definition) is 4. The number of methoxy groups -OCH3 is 1. The molecule has 3 rings (SSSR count). The van der Waals surface area contributed by atoms with E-state index in [2.05, 4.69) is 4.57 Å². The molecular weight excluding hydrogens is 254 g/mol. The van der Waals surface area contributed by atoms with Crippen LogP contribution in [0.2, 0.25) is 0 Å². The van der Waals surface area contributed by atoms with Crippen molar-refractivity contribution < 1.29 is 9.84 Å². The topological polar surface area (TPSA) is 73.3 Å². The van der Waals surface area contributed by atoms with Gasteiger partial charge in [0.05, 0.1) is 23.7 Å². The Bertz CT molecular complexity index is 604. The number of fused-ring (bicyclic) bond motifs is 1. The van der Waals surface area contributed by atoms with Crippen LogP contribution < -0.4 is 5.73 Å². The van der Waals surface area contributed by atoms with Gasteiger partial charge in [0.25, 0.3) is 0 Å². The summed E-state index contributed by atoms with van der Waals surface area (Å²) in [6.07, 6.45) is 2.65. The summed E-state index contributed by atoms with van der Waals surface area (Å²) >= 11 is 0. The maximum atomic E-state index is 9.83. The number of hydrogen-bond donors (Lipinski definition) is 2. The second-order valence-corrected chi connectivity index (χ2v) is 5.54. The van der Waals surface area contributed by atoms with Crippen LogP contribution in [0.5, 0.6) is 0 Å². The van der Waals surface area contributed by atoms with Gasteiger partial charge in [-0.1, -0.05) is 0 Å². The lowest BCUT2D eigenvalue weighted by atomic mass is 10.2. The van der Waals surface area contributed by atoms with Crippen LogP contribution in [0.4, 0.5) is 5.69 Å². The lowest BCUT2D eigenvalue weighted by Gasteiger charge is -2.12. The summed E-state index contributed by atoms with van der Waals surface area (Å²) in [6, 6.07) is 5.85. The van der Waals surface area contributed by atoms with Gasteiger partial charge in [-0.15, -0.1) is 0 Å². The van der Waals surface area contributed by atoms with Crippen molar-refractivity contribution in [2.45, 2.75) is 37.8 Å². The Morgan fingerprint density at radius 1 is 1.50 bits per heavy atom. The fourth-order valence-corrected chi connectivity index (χ4v) is 2.61. The van der Waals surface area contributed by atoms with E-state index in [-0.39, 0.29) is 0 Å². The number of nitrogen functional groups attached to an aromatic ring is 1. The number of aromatic nitrogens is 2. The minimum Gasteiger partial charge on any atom is -0.399 e. The van der Waals surface area contributed by atoms with Crippen molar-refractivity contribution in [3.05, 3.63) is 24.0 Å². The summed E-state index contributed by atoms with van der Waals surface area (Å²) < 4.78 is 7.20. The van der Waals surface area contributed by atoms with Gasteiger partial charge in [0.2, 0.25) is 0 Å². The summed E-state index contributed by atoms with van der Waals surface area (Å²) in [4.78, 5) is 4.73. The molecule has 1 atom stereocenters. The number of aliphatic hydroxyl groups is 1. The van der Waals surface area contributed by atoms with Crippen LogP contribution in [0.3, 0.4) is 0 Å². The lowest BCUT2D eigenvalue weighted by molar-refractivity contribution is 0.0566. The Balaban J connectivity index is 1.88. The molecule has 1 heterocycles. The van der Waals surface area contributed by atoms with Gasteiger partial charge in [-0.2, -0.15) is 0 Å². The summed E-state index contributed by atoms with van der Waals surface area (Å²) in [5.74, 6) is 1.71. The van der Waals surface area contributed by atoms with Crippen LogP contribution in [0.1, 0.15) is 31.0 Å². The molecule has 0 amide bonds. The van der Waals surface area contributed by atoms with E-state index in [0.29, 0.717) is 18.9 Å². The average molecular weight is 275 g/mol. The number of imidazole rings is 1. The second kappa shape index (κ2) is 5.42. The molecule has 0 spiro atoms. The first kappa shape index (κ1) is 13.4. The minimum absolute atomic E-state index is 0.373. The third kappa shape index (κ3) is 2.64. The summed E-state index contributed by atoms with van der Waals surface area (Å²) in [5, 5.41) is 9.83. The molecule has 5 heteroatoms. The van der Waals surface area contributed by atoms with E-state index >= 15 is 0 Å². The van der Waals surface area contributed by atoms with E-state index < -0.39 is 6.10 Å². The number of rotatable bonds is 6. The number of aryl methyl sites for hydroxylation is 1. The number of aliphatic hydroxyl groups excluding tert-OH is 1.